The van der Waals surface area contributed by atoms with E-state index in [0.717, 1.165) is 10.1 Å². The van der Waals surface area contributed by atoms with Gasteiger partial charge in [0.2, 0.25) is 17.8 Å². The summed E-state index contributed by atoms with van der Waals surface area (Å²) in [5, 5.41) is 19.7. The van der Waals surface area contributed by atoms with Gasteiger partial charge >= 0.3 is 5.97 Å². The molecule has 0 saturated heterocycles. The fraction of sp³-hybridized carbons (Fsp3) is 0.154. The first-order valence-corrected chi connectivity index (χ1v) is 7.32. The number of carboxylic acids is 1. The predicted octanol–water partition coefficient (Wildman–Crippen LogP) is -1.27. The van der Waals surface area contributed by atoms with Crippen LogP contribution in [0.2, 0.25) is 0 Å². The highest BCUT2D eigenvalue weighted by molar-refractivity contribution is 5.80. The molecule has 27 heavy (non-hydrogen) atoms. The van der Waals surface area contributed by atoms with E-state index in [0.29, 0.717) is 11.5 Å². The summed E-state index contributed by atoms with van der Waals surface area (Å²) in [5.41, 5.74) is 11.0. The van der Waals surface area contributed by atoms with E-state index in [1.165, 1.54) is 13.3 Å². The summed E-state index contributed by atoms with van der Waals surface area (Å²) in [7, 11) is 1.52. The number of nitrogen functional groups attached to an aromatic ring is 2. The van der Waals surface area contributed by atoms with Crippen molar-refractivity contribution in [2.24, 2.45) is 0 Å². The fourth-order valence-corrected chi connectivity index (χ4v) is 2.21. The van der Waals surface area contributed by atoms with E-state index >= 15 is 0 Å². The van der Waals surface area contributed by atoms with Gasteiger partial charge in [-0.3, -0.25) is 19.7 Å². The SMILES string of the molecule is COc1nc(N)nc2[nH]ncc12.Nc1nc2c(cnn2CC(=O)O)c(=O)[nH]1. The monoisotopic (exact) mass is 374 g/mol. The van der Waals surface area contributed by atoms with E-state index in [4.69, 9.17) is 21.3 Å². The maximum atomic E-state index is 11.3. The molecule has 0 saturated carbocycles. The first kappa shape index (κ1) is 17.6. The first-order chi connectivity index (χ1) is 12.9. The number of carbonyl (C=O) groups is 1. The molecule has 0 atom stereocenters. The van der Waals surface area contributed by atoms with Crippen molar-refractivity contribution in [3.63, 3.8) is 0 Å². The minimum absolute atomic E-state index is 0.0698. The average molecular weight is 374 g/mol. The Hall–Kier alpha value is -4.23. The van der Waals surface area contributed by atoms with E-state index in [1.807, 2.05) is 0 Å². The summed E-state index contributed by atoms with van der Waals surface area (Å²) < 4.78 is 6.08. The molecule has 0 aliphatic heterocycles. The van der Waals surface area contributed by atoms with Crippen LogP contribution in [0.4, 0.5) is 11.9 Å². The second-order valence-corrected chi connectivity index (χ2v) is 5.11. The molecule has 4 aromatic rings. The third-order valence-electron chi connectivity index (χ3n) is 3.29. The first-order valence-electron chi connectivity index (χ1n) is 7.32. The number of hydrogen-bond donors (Lipinski definition) is 5. The number of anilines is 2. The minimum atomic E-state index is -1.07. The number of carboxylic acid groups (broad SMARTS) is 1. The highest BCUT2D eigenvalue weighted by Gasteiger charge is 2.10. The molecule has 7 N–H and O–H groups in total. The third kappa shape index (κ3) is 3.58. The smallest absolute Gasteiger partial charge is 0.325 e. The number of fused-ring (bicyclic) bond motifs is 2. The number of aromatic nitrogens is 8. The number of nitrogens with zero attached hydrogens (tertiary/aromatic N) is 6. The van der Waals surface area contributed by atoms with Gasteiger partial charge in [-0.2, -0.15) is 25.1 Å². The lowest BCUT2D eigenvalue weighted by Crippen LogP contribution is -2.14. The van der Waals surface area contributed by atoms with Crippen molar-refractivity contribution in [1.29, 1.82) is 0 Å². The molecular weight excluding hydrogens is 360 g/mol. The second-order valence-electron chi connectivity index (χ2n) is 5.11. The zero-order valence-corrected chi connectivity index (χ0v) is 13.9. The summed E-state index contributed by atoms with van der Waals surface area (Å²) in [6.45, 7) is -0.362. The number of nitrogens with two attached hydrogens (primary N) is 2. The molecule has 0 unspecified atom stereocenters. The molecule has 4 aromatic heterocycles. The summed E-state index contributed by atoms with van der Waals surface area (Å²) in [4.78, 5) is 35.7. The van der Waals surface area contributed by atoms with Crippen LogP contribution in [0.1, 0.15) is 0 Å². The summed E-state index contributed by atoms with van der Waals surface area (Å²) >= 11 is 0. The number of nitrogens with one attached hydrogen (secondary N) is 2. The topological polar surface area (TPSA) is 217 Å². The van der Waals surface area contributed by atoms with Gasteiger partial charge in [0, 0.05) is 0 Å². The quantitative estimate of drug-likeness (QED) is 0.284. The molecule has 14 nitrogen and oxygen atoms in total. The lowest BCUT2D eigenvalue weighted by atomic mass is 10.4. The Morgan fingerprint density at radius 3 is 2.74 bits per heavy atom. The summed E-state index contributed by atoms with van der Waals surface area (Å²) in [5.74, 6) is -0.532. The summed E-state index contributed by atoms with van der Waals surface area (Å²) in [6.07, 6.45) is 2.84. The van der Waals surface area contributed by atoms with Crippen molar-refractivity contribution in [1.82, 2.24) is 39.9 Å². The normalized spacial score (nSPS) is 10.6. The van der Waals surface area contributed by atoms with Crippen LogP contribution < -0.4 is 21.8 Å². The van der Waals surface area contributed by atoms with E-state index in [-0.39, 0.29) is 29.5 Å². The molecule has 4 rings (SSSR count). The number of aromatic amines is 2. The highest BCUT2D eigenvalue weighted by Crippen LogP contribution is 2.19. The van der Waals surface area contributed by atoms with Crippen molar-refractivity contribution in [2.45, 2.75) is 6.54 Å². The Labute approximate surface area is 149 Å². The molecule has 0 bridgehead atoms. The molecule has 0 radical (unpaired) electrons. The van der Waals surface area contributed by atoms with Gasteiger partial charge in [0.05, 0.1) is 19.5 Å². The van der Waals surface area contributed by atoms with Crippen molar-refractivity contribution in [2.75, 3.05) is 18.6 Å². The van der Waals surface area contributed by atoms with Crippen molar-refractivity contribution >= 4 is 39.9 Å². The van der Waals surface area contributed by atoms with Gasteiger partial charge in [-0.15, -0.1) is 0 Å². The Kier molecular flexibility index (Phi) is 4.52. The van der Waals surface area contributed by atoms with Crippen molar-refractivity contribution in [3.8, 4) is 5.88 Å². The maximum Gasteiger partial charge on any atom is 0.325 e. The zero-order valence-electron chi connectivity index (χ0n) is 13.9. The van der Waals surface area contributed by atoms with Gasteiger partial charge in [-0.05, 0) is 0 Å². The Morgan fingerprint density at radius 1 is 1.26 bits per heavy atom. The molecular formula is C13H14N10O4. The lowest BCUT2D eigenvalue weighted by molar-refractivity contribution is -0.137. The van der Waals surface area contributed by atoms with Gasteiger partial charge in [0.1, 0.15) is 17.3 Å². The Morgan fingerprint density at radius 2 is 2.04 bits per heavy atom. The predicted molar refractivity (Wildman–Crippen MR) is 92.8 cm³/mol. The van der Waals surface area contributed by atoms with Gasteiger partial charge in [-0.1, -0.05) is 0 Å². The van der Waals surface area contributed by atoms with Crippen LogP contribution in [0.15, 0.2) is 17.2 Å². The number of ether oxygens (including phenoxy) is 1. The zero-order chi connectivity index (χ0) is 19.6. The highest BCUT2D eigenvalue weighted by atomic mass is 16.5. The number of hydrogen-bond acceptors (Lipinski definition) is 10. The van der Waals surface area contributed by atoms with E-state index in [9.17, 15) is 9.59 Å². The number of H-pyrrole nitrogens is 2. The molecule has 140 valence electrons. The maximum absolute atomic E-state index is 11.3. The largest absolute Gasteiger partial charge is 0.480 e. The molecule has 0 aliphatic rings. The van der Waals surface area contributed by atoms with Crippen LogP contribution in [0.5, 0.6) is 5.88 Å². The van der Waals surface area contributed by atoms with Gasteiger partial charge in [-0.25, -0.2) is 4.68 Å². The Bertz CT molecular complexity index is 1180. The average Bonchev–Trinajstić information content (AvgIpc) is 3.21. The third-order valence-corrected chi connectivity index (χ3v) is 3.29. The van der Waals surface area contributed by atoms with E-state index in [2.05, 4.69) is 35.2 Å². The van der Waals surface area contributed by atoms with Gasteiger partial charge < -0.3 is 21.3 Å². The standard InChI is InChI=1S/C7H7N5O3.C6H7N5O/c8-7-10-5-3(6(15)11-7)1-9-12(5)2-4(13)14;1-12-5-3-2-8-11-4(3)9-6(7)10-5/h1H,2H2,(H,13,14)(H3,8,10,11,15);2H,1H3,(H3,7,8,9,10,11). The van der Waals surface area contributed by atoms with E-state index < -0.39 is 11.5 Å². The fourth-order valence-electron chi connectivity index (χ4n) is 2.21. The summed E-state index contributed by atoms with van der Waals surface area (Å²) in [6, 6.07) is 0. The van der Waals surface area contributed by atoms with Crippen LogP contribution in [-0.4, -0.2) is 58.1 Å². The molecule has 0 spiro atoms. The van der Waals surface area contributed by atoms with Crippen LogP contribution in [0.3, 0.4) is 0 Å². The van der Waals surface area contributed by atoms with Gasteiger partial charge in [0.25, 0.3) is 5.56 Å². The second kappa shape index (κ2) is 6.95. The van der Waals surface area contributed by atoms with Crippen LogP contribution in [-0.2, 0) is 11.3 Å². The number of rotatable bonds is 3. The van der Waals surface area contributed by atoms with E-state index in [1.54, 1.807) is 6.20 Å². The molecule has 0 aromatic carbocycles. The minimum Gasteiger partial charge on any atom is -0.480 e. The Balaban J connectivity index is 0.000000159. The molecule has 4 heterocycles. The van der Waals surface area contributed by atoms with Crippen LogP contribution in [0, 0.1) is 0 Å². The molecule has 0 amide bonds. The number of aliphatic carboxylic acids is 1. The van der Waals surface area contributed by atoms with Crippen molar-refractivity contribution < 1.29 is 14.6 Å². The van der Waals surface area contributed by atoms with Gasteiger partial charge in [0.15, 0.2) is 11.3 Å². The lowest BCUT2D eigenvalue weighted by Gasteiger charge is -1.99. The molecule has 14 heteroatoms. The van der Waals surface area contributed by atoms with Crippen LogP contribution >= 0.6 is 0 Å². The molecule has 0 aliphatic carbocycles. The van der Waals surface area contributed by atoms with Crippen LogP contribution in [0.25, 0.3) is 22.1 Å². The number of methoxy groups -OCH3 is 1. The van der Waals surface area contributed by atoms with Crippen molar-refractivity contribution in [3.05, 3.63) is 22.7 Å². The molecule has 0 fully saturated rings.